The third-order valence-electron chi connectivity index (χ3n) is 4.62. The van der Waals surface area contributed by atoms with Crippen molar-refractivity contribution >= 4 is 35.6 Å². The van der Waals surface area contributed by atoms with E-state index in [1.54, 1.807) is 32.9 Å². The molecule has 0 atom stereocenters. The third kappa shape index (κ3) is 6.17. The topological polar surface area (TPSA) is 62.2 Å². The molecular formula is C26H29N3O3. The van der Waals surface area contributed by atoms with Gasteiger partial charge < -0.3 is 9.64 Å². The van der Waals surface area contributed by atoms with Gasteiger partial charge in [-0.1, -0.05) is 48.5 Å². The largest absolute Gasteiger partial charge is 0.459 e. The molecule has 2 aromatic carbocycles. The van der Waals surface area contributed by atoms with E-state index < -0.39 is 11.6 Å². The maximum absolute atomic E-state index is 13.0. The molecule has 0 aromatic heterocycles. The van der Waals surface area contributed by atoms with E-state index in [1.165, 1.54) is 4.90 Å². The van der Waals surface area contributed by atoms with Crippen molar-refractivity contribution in [3.05, 3.63) is 77.5 Å². The van der Waals surface area contributed by atoms with Crippen LogP contribution in [0, 0.1) is 0 Å². The van der Waals surface area contributed by atoms with Crippen LogP contribution in [0.2, 0.25) is 0 Å². The van der Waals surface area contributed by atoms with Gasteiger partial charge in [-0.15, -0.1) is 0 Å². The Morgan fingerprint density at radius 3 is 2.25 bits per heavy atom. The van der Waals surface area contributed by atoms with Gasteiger partial charge in [0.1, 0.15) is 23.7 Å². The van der Waals surface area contributed by atoms with Gasteiger partial charge in [-0.25, -0.2) is 4.99 Å². The lowest BCUT2D eigenvalue weighted by Gasteiger charge is -2.22. The molecule has 6 nitrogen and oxygen atoms in total. The van der Waals surface area contributed by atoms with Gasteiger partial charge in [0, 0.05) is 19.8 Å². The second-order valence-electron chi connectivity index (χ2n) is 8.71. The van der Waals surface area contributed by atoms with Crippen molar-refractivity contribution in [2.75, 3.05) is 25.5 Å². The van der Waals surface area contributed by atoms with E-state index in [4.69, 9.17) is 4.74 Å². The van der Waals surface area contributed by atoms with E-state index in [9.17, 15) is 9.59 Å². The molecule has 1 aliphatic heterocycles. The first-order valence-corrected chi connectivity index (χ1v) is 10.5. The average Bonchev–Trinajstić information content (AvgIpc) is 3.01. The van der Waals surface area contributed by atoms with Gasteiger partial charge in [-0.3, -0.25) is 14.5 Å². The summed E-state index contributed by atoms with van der Waals surface area (Å²) in [5, 5.41) is 0. The molecule has 0 saturated heterocycles. The molecule has 0 fully saturated rings. The number of hydrogen-bond acceptors (Lipinski definition) is 5. The van der Waals surface area contributed by atoms with Gasteiger partial charge in [-0.05, 0) is 56.2 Å². The molecule has 0 saturated carbocycles. The molecule has 166 valence electrons. The van der Waals surface area contributed by atoms with E-state index >= 15 is 0 Å². The van der Waals surface area contributed by atoms with Gasteiger partial charge >= 0.3 is 5.97 Å². The van der Waals surface area contributed by atoms with E-state index in [0.717, 1.165) is 16.8 Å². The minimum Gasteiger partial charge on any atom is -0.459 e. The van der Waals surface area contributed by atoms with Crippen molar-refractivity contribution < 1.29 is 14.3 Å². The molecule has 1 aliphatic rings. The van der Waals surface area contributed by atoms with Gasteiger partial charge in [0.15, 0.2) is 0 Å². The molecule has 6 heteroatoms. The lowest BCUT2D eigenvalue weighted by molar-refractivity contribution is -0.156. The molecule has 0 aliphatic carbocycles. The molecule has 0 spiro atoms. The Bertz CT molecular complexity index is 1060. The Balaban J connectivity index is 1.88. The van der Waals surface area contributed by atoms with Gasteiger partial charge in [0.2, 0.25) is 0 Å². The zero-order chi connectivity index (χ0) is 23.3. The third-order valence-corrected chi connectivity index (χ3v) is 4.62. The minimum absolute atomic E-state index is 0.203. The highest BCUT2D eigenvalue weighted by molar-refractivity contribution is 6.19. The van der Waals surface area contributed by atoms with Crippen LogP contribution in [0.1, 0.15) is 31.9 Å². The Morgan fingerprint density at radius 1 is 1.00 bits per heavy atom. The van der Waals surface area contributed by atoms with E-state index in [1.807, 2.05) is 79.7 Å². The molecule has 0 radical (unpaired) electrons. The number of amidine groups is 1. The first kappa shape index (κ1) is 23.0. The van der Waals surface area contributed by atoms with Crippen LogP contribution >= 0.6 is 0 Å². The van der Waals surface area contributed by atoms with Crippen LogP contribution in [-0.4, -0.2) is 48.9 Å². The predicted molar refractivity (Wildman–Crippen MR) is 129 cm³/mol. The summed E-state index contributed by atoms with van der Waals surface area (Å²) < 4.78 is 5.41. The summed E-state index contributed by atoms with van der Waals surface area (Å²) >= 11 is 0. The number of carbonyl (C=O) groups excluding carboxylic acids is 2. The van der Waals surface area contributed by atoms with Crippen molar-refractivity contribution in [2.45, 2.75) is 26.4 Å². The summed E-state index contributed by atoms with van der Waals surface area (Å²) in [4.78, 5) is 33.4. The van der Waals surface area contributed by atoms with Gasteiger partial charge in [-0.2, -0.15) is 0 Å². The number of carbonyl (C=O) groups is 2. The fourth-order valence-corrected chi connectivity index (χ4v) is 3.11. The lowest BCUT2D eigenvalue weighted by Crippen LogP contribution is -2.39. The van der Waals surface area contributed by atoms with Crippen LogP contribution < -0.4 is 4.90 Å². The Morgan fingerprint density at radius 2 is 1.66 bits per heavy atom. The van der Waals surface area contributed by atoms with Crippen molar-refractivity contribution in [1.29, 1.82) is 0 Å². The standard InChI is InChI=1S/C26H29N3O3/c1-26(2,3)32-24(30)18-29-23(16-13-19-11-14-21(15-12-19)28(4)5)27-22(25(29)31)17-20-9-7-6-8-10-20/h6-17H,18H2,1-5H3/b16-13+,22-17-. The average molecular weight is 432 g/mol. The number of amides is 1. The van der Waals surface area contributed by atoms with Gasteiger partial charge in [0.25, 0.3) is 5.91 Å². The molecule has 1 amide bonds. The van der Waals surface area contributed by atoms with E-state index in [-0.39, 0.29) is 18.1 Å². The van der Waals surface area contributed by atoms with Crippen molar-refractivity contribution in [1.82, 2.24) is 4.90 Å². The summed E-state index contributed by atoms with van der Waals surface area (Å²) in [6.07, 6.45) is 5.34. The molecule has 0 unspecified atom stereocenters. The van der Waals surface area contributed by atoms with Crippen molar-refractivity contribution in [2.24, 2.45) is 4.99 Å². The molecule has 32 heavy (non-hydrogen) atoms. The number of anilines is 1. The monoisotopic (exact) mass is 431 g/mol. The maximum Gasteiger partial charge on any atom is 0.326 e. The highest BCUT2D eigenvalue weighted by atomic mass is 16.6. The number of hydrogen-bond donors (Lipinski definition) is 0. The normalized spacial score (nSPS) is 15.4. The van der Waals surface area contributed by atoms with Gasteiger partial charge in [0.05, 0.1) is 0 Å². The summed E-state index contributed by atoms with van der Waals surface area (Å²) in [6, 6.07) is 17.5. The highest BCUT2D eigenvalue weighted by Crippen LogP contribution is 2.21. The number of ether oxygens (including phenoxy) is 1. The van der Waals surface area contributed by atoms with Crippen LogP contribution in [0.25, 0.3) is 12.2 Å². The van der Waals surface area contributed by atoms with Crippen LogP contribution in [-0.2, 0) is 14.3 Å². The summed E-state index contributed by atoms with van der Waals surface area (Å²) in [7, 11) is 3.97. The zero-order valence-electron chi connectivity index (χ0n) is 19.2. The number of aliphatic imine (C=N–C) groups is 1. The van der Waals surface area contributed by atoms with E-state index in [0.29, 0.717) is 5.84 Å². The molecule has 0 bridgehead atoms. The molecule has 1 heterocycles. The second-order valence-corrected chi connectivity index (χ2v) is 8.71. The number of rotatable bonds is 6. The number of benzene rings is 2. The SMILES string of the molecule is CN(C)c1ccc(/C=C/C2=NC(=C\c3ccccc3)/C(=O)N2CC(=O)OC(C)(C)C)cc1. The Labute approximate surface area is 189 Å². The van der Waals surface area contributed by atoms with Crippen LogP contribution in [0.15, 0.2) is 71.4 Å². The second kappa shape index (κ2) is 9.64. The van der Waals surface area contributed by atoms with E-state index in [2.05, 4.69) is 4.99 Å². The quantitative estimate of drug-likeness (QED) is 0.503. The zero-order valence-corrected chi connectivity index (χ0v) is 19.2. The number of nitrogens with zero attached hydrogens (tertiary/aromatic N) is 3. The first-order valence-electron chi connectivity index (χ1n) is 10.5. The molecule has 3 rings (SSSR count). The fraction of sp³-hybridized carbons (Fsp3) is 0.269. The van der Waals surface area contributed by atoms with Crippen molar-refractivity contribution in [3.8, 4) is 0 Å². The van der Waals surface area contributed by atoms with Crippen LogP contribution in [0.5, 0.6) is 0 Å². The molecule has 0 N–H and O–H groups in total. The fourth-order valence-electron chi connectivity index (χ4n) is 3.11. The van der Waals surface area contributed by atoms with Crippen LogP contribution in [0.4, 0.5) is 5.69 Å². The van der Waals surface area contributed by atoms with Crippen LogP contribution in [0.3, 0.4) is 0 Å². The highest BCUT2D eigenvalue weighted by Gasteiger charge is 2.32. The predicted octanol–water partition coefficient (Wildman–Crippen LogP) is 4.39. The number of esters is 1. The molecular weight excluding hydrogens is 402 g/mol. The lowest BCUT2D eigenvalue weighted by atomic mass is 10.2. The summed E-state index contributed by atoms with van der Waals surface area (Å²) in [5.41, 5.74) is 2.56. The first-order chi connectivity index (χ1) is 15.1. The molecule has 2 aromatic rings. The summed E-state index contributed by atoms with van der Waals surface area (Å²) in [6.45, 7) is 5.18. The smallest absolute Gasteiger partial charge is 0.326 e. The Hall–Kier alpha value is -3.67. The maximum atomic E-state index is 13.0. The van der Waals surface area contributed by atoms with Crippen molar-refractivity contribution in [3.63, 3.8) is 0 Å². The minimum atomic E-state index is -0.635. The Kier molecular flexibility index (Phi) is 6.93. The summed E-state index contributed by atoms with van der Waals surface area (Å²) in [5.74, 6) is -0.412.